The summed E-state index contributed by atoms with van der Waals surface area (Å²) in [6.45, 7) is 13.9. The fourth-order valence-electron chi connectivity index (χ4n) is 4.74. The summed E-state index contributed by atoms with van der Waals surface area (Å²) in [5, 5.41) is 14.1. The number of hydrogen-bond donors (Lipinski definition) is 2. The first-order chi connectivity index (χ1) is 19.3. The Kier molecular flexibility index (Phi) is 7.16. The van der Waals surface area contributed by atoms with E-state index in [1.54, 1.807) is 47.7 Å². The predicted octanol–water partition coefficient (Wildman–Crippen LogP) is 4.43. The molecule has 0 radical (unpaired) electrons. The van der Waals surface area contributed by atoms with E-state index in [1.165, 1.54) is 16.4 Å². The van der Waals surface area contributed by atoms with E-state index >= 15 is 0 Å². The fraction of sp³-hybridized carbons (Fsp3) is 0.367. The van der Waals surface area contributed by atoms with Crippen molar-refractivity contribution in [2.45, 2.75) is 65.3 Å². The van der Waals surface area contributed by atoms with Crippen LogP contribution in [0.15, 0.2) is 60.0 Å². The minimum Gasteiger partial charge on any atom is -0.444 e. The van der Waals surface area contributed by atoms with Gasteiger partial charge in [-0.05, 0) is 76.4 Å². The van der Waals surface area contributed by atoms with E-state index in [4.69, 9.17) is 9.72 Å². The average Bonchev–Trinajstić information content (AvgIpc) is 3.17. The number of anilines is 2. The quantitative estimate of drug-likeness (QED) is 0.334. The predicted molar refractivity (Wildman–Crippen MR) is 156 cm³/mol. The van der Waals surface area contributed by atoms with E-state index in [-0.39, 0.29) is 18.2 Å². The Morgan fingerprint density at radius 1 is 1.15 bits per heavy atom. The maximum absolute atomic E-state index is 13.3. The topological polar surface area (TPSA) is 127 Å². The molecule has 4 aromatic rings. The summed E-state index contributed by atoms with van der Waals surface area (Å²) < 4.78 is 8.66. The van der Waals surface area contributed by atoms with E-state index in [0.717, 1.165) is 17.7 Å². The number of amides is 1. The van der Waals surface area contributed by atoms with Gasteiger partial charge in [0.2, 0.25) is 5.95 Å². The second-order valence-electron chi connectivity index (χ2n) is 11.6. The molecule has 1 amide bonds. The van der Waals surface area contributed by atoms with E-state index < -0.39 is 11.2 Å². The smallest absolute Gasteiger partial charge is 0.410 e. The van der Waals surface area contributed by atoms with Crippen LogP contribution in [0.4, 0.5) is 16.4 Å². The molecular weight excluding hydrogens is 522 g/mol. The molecule has 0 saturated carbocycles. The molecule has 0 spiro atoms. The first-order valence-electron chi connectivity index (χ1n) is 13.5. The number of aromatic nitrogens is 5. The summed E-state index contributed by atoms with van der Waals surface area (Å²) in [6.07, 6.45) is 3.51. The summed E-state index contributed by atoms with van der Waals surface area (Å²) in [5.41, 5.74) is 1.73. The molecule has 5 rings (SSSR count). The Morgan fingerprint density at radius 3 is 2.63 bits per heavy atom. The van der Waals surface area contributed by atoms with Crippen LogP contribution < -0.4 is 10.9 Å². The van der Waals surface area contributed by atoms with Crippen LogP contribution in [0.5, 0.6) is 0 Å². The lowest BCUT2D eigenvalue weighted by Crippen LogP contribution is -2.39. The Morgan fingerprint density at radius 2 is 1.93 bits per heavy atom. The van der Waals surface area contributed by atoms with Gasteiger partial charge in [-0.15, -0.1) is 6.58 Å². The number of nitrogens with zero attached hydrogens (tertiary/aromatic N) is 6. The number of hydrogen-bond acceptors (Lipinski definition) is 8. The molecular formula is C30H35N7O4. The van der Waals surface area contributed by atoms with Crippen molar-refractivity contribution in [2.75, 3.05) is 11.9 Å². The van der Waals surface area contributed by atoms with Gasteiger partial charge in [0.25, 0.3) is 5.56 Å². The molecule has 0 fully saturated rings. The van der Waals surface area contributed by atoms with Gasteiger partial charge in [-0.3, -0.25) is 4.79 Å². The number of carbonyl (C=O) groups excluding carboxylic acids is 1. The van der Waals surface area contributed by atoms with Crippen LogP contribution in [0, 0.1) is 0 Å². The van der Waals surface area contributed by atoms with Crippen molar-refractivity contribution in [1.82, 2.24) is 29.2 Å². The summed E-state index contributed by atoms with van der Waals surface area (Å²) in [4.78, 5) is 41.3. The molecule has 1 aliphatic rings. The molecule has 1 aromatic carbocycles. The third-order valence-electron chi connectivity index (χ3n) is 6.68. The third-order valence-corrected chi connectivity index (χ3v) is 6.68. The second kappa shape index (κ2) is 10.5. The van der Waals surface area contributed by atoms with Crippen LogP contribution >= 0.6 is 0 Å². The van der Waals surface area contributed by atoms with Crippen LogP contribution in [0.25, 0.3) is 16.9 Å². The maximum Gasteiger partial charge on any atom is 0.410 e. The Labute approximate surface area is 238 Å². The fourth-order valence-corrected chi connectivity index (χ4v) is 4.74. The van der Waals surface area contributed by atoms with Crippen molar-refractivity contribution < 1.29 is 14.6 Å². The van der Waals surface area contributed by atoms with Crippen molar-refractivity contribution in [3.63, 3.8) is 0 Å². The van der Waals surface area contributed by atoms with Crippen molar-refractivity contribution >= 4 is 28.8 Å². The molecule has 4 heterocycles. The van der Waals surface area contributed by atoms with Gasteiger partial charge in [0, 0.05) is 25.0 Å². The highest BCUT2D eigenvalue weighted by atomic mass is 16.6. The van der Waals surface area contributed by atoms with Gasteiger partial charge in [0.05, 0.1) is 12.2 Å². The molecule has 0 saturated heterocycles. The van der Waals surface area contributed by atoms with Crippen LogP contribution in [-0.2, 0) is 29.8 Å². The van der Waals surface area contributed by atoms with E-state index in [1.807, 2.05) is 39.0 Å². The van der Waals surface area contributed by atoms with Crippen molar-refractivity contribution in [1.29, 1.82) is 0 Å². The number of carbonyl (C=O) groups is 1. The van der Waals surface area contributed by atoms with Crippen LogP contribution in [0.1, 0.15) is 51.4 Å². The third kappa shape index (κ3) is 5.85. The number of pyridine rings is 1. The Bertz CT molecular complexity index is 1690. The van der Waals surface area contributed by atoms with Gasteiger partial charge in [0.1, 0.15) is 16.6 Å². The lowest BCUT2D eigenvalue weighted by atomic mass is 9.99. The maximum atomic E-state index is 13.3. The van der Waals surface area contributed by atoms with Crippen molar-refractivity contribution in [3.05, 3.63) is 82.4 Å². The number of aliphatic hydroxyl groups is 1. The Balaban J connectivity index is 1.49. The lowest BCUT2D eigenvalue weighted by molar-refractivity contribution is 0.0224. The number of allylic oxidation sites excluding steroid dienone is 1. The standard InChI is InChI=1S/C30H35N7O4/c1-7-14-36-26(38)22-17-31-27(34-25(22)37(36)24-10-8-9-23(33-24)30(5,6)40)32-21-12-11-19-13-15-35(18-20(19)16-21)28(39)41-29(2,3)4/h7-12,16-17,40H,1,13-15,18H2,2-6H3,(H,31,32,34). The van der Waals surface area contributed by atoms with Crippen molar-refractivity contribution in [3.8, 4) is 5.82 Å². The summed E-state index contributed by atoms with van der Waals surface area (Å²) >= 11 is 0. The molecule has 0 unspecified atom stereocenters. The summed E-state index contributed by atoms with van der Waals surface area (Å²) in [5.74, 6) is 0.722. The van der Waals surface area contributed by atoms with Gasteiger partial charge in [-0.2, -0.15) is 4.98 Å². The van der Waals surface area contributed by atoms with Gasteiger partial charge in [-0.1, -0.05) is 18.2 Å². The van der Waals surface area contributed by atoms with E-state index in [0.29, 0.717) is 41.6 Å². The SMILES string of the molecule is C=CCn1c(=O)c2cnc(Nc3ccc4c(c3)CN(C(=O)OC(C)(C)C)CC4)nc2n1-c1cccc(C(C)(C)O)n1. The number of rotatable bonds is 6. The molecule has 0 bridgehead atoms. The molecule has 0 atom stereocenters. The minimum absolute atomic E-state index is 0.228. The largest absolute Gasteiger partial charge is 0.444 e. The average molecular weight is 558 g/mol. The van der Waals surface area contributed by atoms with E-state index in [2.05, 4.69) is 21.9 Å². The molecule has 1 aliphatic heterocycles. The molecule has 11 nitrogen and oxygen atoms in total. The van der Waals surface area contributed by atoms with Crippen LogP contribution in [0.2, 0.25) is 0 Å². The molecule has 11 heteroatoms. The normalized spacial score (nSPS) is 13.7. The zero-order valence-electron chi connectivity index (χ0n) is 24.0. The number of fused-ring (bicyclic) bond motifs is 2. The van der Waals surface area contributed by atoms with Gasteiger partial charge >= 0.3 is 6.09 Å². The number of benzene rings is 1. The first-order valence-corrected chi connectivity index (χ1v) is 13.5. The highest BCUT2D eigenvalue weighted by molar-refractivity contribution is 5.77. The van der Waals surface area contributed by atoms with Crippen molar-refractivity contribution in [2.24, 2.45) is 0 Å². The first kappa shape index (κ1) is 28.0. The molecule has 2 N–H and O–H groups in total. The van der Waals surface area contributed by atoms with Gasteiger partial charge < -0.3 is 20.1 Å². The van der Waals surface area contributed by atoms with Gasteiger partial charge in [-0.25, -0.2) is 24.1 Å². The minimum atomic E-state index is -1.17. The highest BCUT2D eigenvalue weighted by Gasteiger charge is 2.26. The van der Waals surface area contributed by atoms with Crippen LogP contribution in [0.3, 0.4) is 0 Å². The molecule has 3 aromatic heterocycles. The van der Waals surface area contributed by atoms with Crippen LogP contribution in [-0.4, -0.2) is 52.6 Å². The Hall–Kier alpha value is -4.51. The number of nitrogens with one attached hydrogen (secondary N) is 1. The molecule has 0 aliphatic carbocycles. The lowest BCUT2D eigenvalue weighted by Gasteiger charge is -2.31. The number of ether oxygens (including phenoxy) is 1. The highest BCUT2D eigenvalue weighted by Crippen LogP contribution is 2.26. The van der Waals surface area contributed by atoms with E-state index in [9.17, 15) is 14.7 Å². The van der Waals surface area contributed by atoms with Gasteiger partial charge in [0.15, 0.2) is 11.5 Å². The molecule has 41 heavy (non-hydrogen) atoms. The zero-order chi connectivity index (χ0) is 29.5. The monoisotopic (exact) mass is 557 g/mol. The second-order valence-corrected chi connectivity index (χ2v) is 11.6. The summed E-state index contributed by atoms with van der Waals surface area (Å²) in [7, 11) is 0. The summed E-state index contributed by atoms with van der Waals surface area (Å²) in [6, 6.07) is 11.2. The zero-order valence-corrected chi connectivity index (χ0v) is 24.0. The molecule has 214 valence electrons.